The van der Waals surface area contributed by atoms with E-state index in [1.165, 1.54) is 57.9 Å². The molecule has 0 spiro atoms. The van der Waals surface area contributed by atoms with Gasteiger partial charge in [-0.1, -0.05) is 26.2 Å². The van der Waals surface area contributed by atoms with Crippen LogP contribution >= 0.6 is 0 Å². The first-order chi connectivity index (χ1) is 7.86. The van der Waals surface area contributed by atoms with Gasteiger partial charge in [0.15, 0.2) is 0 Å². The lowest BCUT2D eigenvalue weighted by atomic mass is 9.93. The summed E-state index contributed by atoms with van der Waals surface area (Å²) in [4.78, 5) is 2.81. The van der Waals surface area contributed by atoms with Crippen molar-refractivity contribution in [3.8, 4) is 0 Å². The van der Waals surface area contributed by atoms with Gasteiger partial charge in [0, 0.05) is 12.1 Å². The SMILES string of the molecule is CCCN(C1CC1)C1CCCCCC1CN. The Labute approximate surface area is 101 Å². The van der Waals surface area contributed by atoms with Gasteiger partial charge in [-0.05, 0) is 51.1 Å². The van der Waals surface area contributed by atoms with Crippen molar-refractivity contribution in [1.29, 1.82) is 0 Å². The molecule has 0 aromatic heterocycles. The van der Waals surface area contributed by atoms with Crippen LogP contribution in [-0.2, 0) is 0 Å². The molecular formula is C14H28N2. The molecule has 0 bridgehead atoms. The molecule has 0 aromatic carbocycles. The van der Waals surface area contributed by atoms with E-state index in [1.54, 1.807) is 0 Å². The Hall–Kier alpha value is -0.0800. The van der Waals surface area contributed by atoms with Gasteiger partial charge >= 0.3 is 0 Å². The van der Waals surface area contributed by atoms with E-state index < -0.39 is 0 Å². The second kappa shape index (κ2) is 6.02. The van der Waals surface area contributed by atoms with E-state index in [0.29, 0.717) is 0 Å². The minimum absolute atomic E-state index is 0.773. The molecule has 0 saturated heterocycles. The standard InChI is InChI=1S/C14H28N2/c1-2-10-16(13-8-9-13)14-7-5-3-4-6-12(14)11-15/h12-14H,2-11,15H2,1H3. The number of hydrogen-bond donors (Lipinski definition) is 1. The smallest absolute Gasteiger partial charge is 0.0138 e. The average molecular weight is 224 g/mol. The van der Waals surface area contributed by atoms with Crippen LogP contribution in [0.25, 0.3) is 0 Å². The van der Waals surface area contributed by atoms with Crippen LogP contribution in [0.3, 0.4) is 0 Å². The number of nitrogens with two attached hydrogens (primary N) is 1. The minimum atomic E-state index is 0.773. The molecule has 2 heteroatoms. The Morgan fingerprint density at radius 3 is 2.44 bits per heavy atom. The van der Waals surface area contributed by atoms with Gasteiger partial charge in [-0.3, -0.25) is 4.90 Å². The molecule has 0 heterocycles. The van der Waals surface area contributed by atoms with Gasteiger partial charge in [-0.15, -0.1) is 0 Å². The zero-order valence-electron chi connectivity index (χ0n) is 10.8. The van der Waals surface area contributed by atoms with Crippen molar-refractivity contribution < 1.29 is 0 Å². The van der Waals surface area contributed by atoms with E-state index in [0.717, 1.165) is 24.5 Å². The maximum absolute atomic E-state index is 5.99. The summed E-state index contributed by atoms with van der Waals surface area (Å²) in [6.45, 7) is 4.51. The summed E-state index contributed by atoms with van der Waals surface area (Å²) >= 11 is 0. The van der Waals surface area contributed by atoms with E-state index in [-0.39, 0.29) is 0 Å². The van der Waals surface area contributed by atoms with Gasteiger partial charge in [-0.25, -0.2) is 0 Å². The molecule has 2 saturated carbocycles. The molecule has 2 N–H and O–H groups in total. The quantitative estimate of drug-likeness (QED) is 0.728. The maximum atomic E-state index is 5.99. The lowest BCUT2D eigenvalue weighted by Crippen LogP contribution is -2.44. The Bertz CT molecular complexity index is 201. The lowest BCUT2D eigenvalue weighted by Gasteiger charge is -2.36. The molecule has 2 unspecified atom stereocenters. The molecule has 2 fully saturated rings. The van der Waals surface area contributed by atoms with Crippen LogP contribution in [-0.4, -0.2) is 30.1 Å². The van der Waals surface area contributed by atoms with Gasteiger partial charge in [-0.2, -0.15) is 0 Å². The van der Waals surface area contributed by atoms with Crippen molar-refractivity contribution in [3.63, 3.8) is 0 Å². The van der Waals surface area contributed by atoms with E-state index >= 15 is 0 Å². The van der Waals surface area contributed by atoms with Gasteiger partial charge in [0.2, 0.25) is 0 Å². The Balaban J connectivity index is 2.00. The average Bonchev–Trinajstić information content (AvgIpc) is 3.12. The highest BCUT2D eigenvalue weighted by atomic mass is 15.2. The van der Waals surface area contributed by atoms with Crippen LogP contribution in [0.2, 0.25) is 0 Å². The van der Waals surface area contributed by atoms with E-state index in [4.69, 9.17) is 5.73 Å². The normalized spacial score (nSPS) is 31.7. The zero-order valence-corrected chi connectivity index (χ0v) is 10.8. The van der Waals surface area contributed by atoms with Crippen molar-refractivity contribution in [1.82, 2.24) is 4.90 Å². The third-order valence-corrected chi connectivity index (χ3v) is 4.35. The summed E-state index contributed by atoms with van der Waals surface area (Å²) in [5.74, 6) is 0.773. The molecule has 2 aliphatic carbocycles. The largest absolute Gasteiger partial charge is 0.330 e. The second-order valence-electron chi connectivity index (χ2n) is 5.67. The highest BCUT2D eigenvalue weighted by Gasteiger charge is 2.36. The molecule has 2 nitrogen and oxygen atoms in total. The molecule has 0 amide bonds. The highest BCUT2D eigenvalue weighted by molar-refractivity contribution is 4.92. The van der Waals surface area contributed by atoms with E-state index in [9.17, 15) is 0 Å². The molecule has 2 rings (SSSR count). The summed E-state index contributed by atoms with van der Waals surface area (Å²) in [6, 6.07) is 1.72. The van der Waals surface area contributed by atoms with Crippen LogP contribution in [0.4, 0.5) is 0 Å². The summed E-state index contributed by atoms with van der Waals surface area (Å²) < 4.78 is 0. The lowest BCUT2D eigenvalue weighted by molar-refractivity contribution is 0.127. The molecule has 0 radical (unpaired) electrons. The van der Waals surface area contributed by atoms with Crippen LogP contribution in [0.5, 0.6) is 0 Å². The molecule has 2 atom stereocenters. The summed E-state index contributed by atoms with van der Waals surface area (Å²) in [5, 5.41) is 0. The monoisotopic (exact) mass is 224 g/mol. The van der Waals surface area contributed by atoms with Gasteiger partial charge in [0.1, 0.15) is 0 Å². The molecule has 94 valence electrons. The van der Waals surface area contributed by atoms with E-state index in [2.05, 4.69) is 11.8 Å². The number of hydrogen-bond acceptors (Lipinski definition) is 2. The predicted octanol–water partition coefficient (Wildman–Crippen LogP) is 2.77. The van der Waals surface area contributed by atoms with Crippen LogP contribution in [0.15, 0.2) is 0 Å². The molecular weight excluding hydrogens is 196 g/mol. The fourth-order valence-corrected chi connectivity index (χ4v) is 3.36. The molecule has 16 heavy (non-hydrogen) atoms. The third-order valence-electron chi connectivity index (χ3n) is 4.35. The first-order valence-corrected chi connectivity index (χ1v) is 7.32. The van der Waals surface area contributed by atoms with Crippen molar-refractivity contribution in [2.24, 2.45) is 11.7 Å². The Kier molecular flexibility index (Phi) is 4.66. The Morgan fingerprint density at radius 2 is 1.81 bits per heavy atom. The predicted molar refractivity (Wildman–Crippen MR) is 69.4 cm³/mol. The fraction of sp³-hybridized carbons (Fsp3) is 1.00. The van der Waals surface area contributed by atoms with Crippen molar-refractivity contribution >= 4 is 0 Å². The van der Waals surface area contributed by atoms with Crippen molar-refractivity contribution in [2.75, 3.05) is 13.1 Å². The third kappa shape index (κ3) is 2.98. The zero-order chi connectivity index (χ0) is 11.4. The van der Waals surface area contributed by atoms with Crippen molar-refractivity contribution in [2.45, 2.75) is 70.4 Å². The first kappa shape index (κ1) is 12.4. The first-order valence-electron chi connectivity index (χ1n) is 7.32. The van der Waals surface area contributed by atoms with Gasteiger partial charge < -0.3 is 5.73 Å². The minimum Gasteiger partial charge on any atom is -0.330 e. The number of nitrogens with zero attached hydrogens (tertiary/aromatic N) is 1. The summed E-state index contributed by atoms with van der Waals surface area (Å²) in [7, 11) is 0. The maximum Gasteiger partial charge on any atom is 0.0138 e. The summed E-state index contributed by atoms with van der Waals surface area (Å²) in [5.41, 5.74) is 5.99. The summed E-state index contributed by atoms with van der Waals surface area (Å²) in [6.07, 6.45) is 11.2. The van der Waals surface area contributed by atoms with Crippen molar-refractivity contribution in [3.05, 3.63) is 0 Å². The fourth-order valence-electron chi connectivity index (χ4n) is 3.36. The topological polar surface area (TPSA) is 29.3 Å². The van der Waals surface area contributed by atoms with E-state index in [1.807, 2.05) is 0 Å². The molecule has 0 aliphatic heterocycles. The van der Waals surface area contributed by atoms with Gasteiger partial charge in [0.05, 0.1) is 0 Å². The highest BCUT2D eigenvalue weighted by Crippen LogP contribution is 2.35. The van der Waals surface area contributed by atoms with Crippen LogP contribution in [0.1, 0.15) is 58.3 Å². The second-order valence-corrected chi connectivity index (χ2v) is 5.67. The van der Waals surface area contributed by atoms with Crippen LogP contribution < -0.4 is 5.73 Å². The molecule has 0 aromatic rings. The Morgan fingerprint density at radius 1 is 1.06 bits per heavy atom. The number of rotatable bonds is 5. The molecule has 2 aliphatic rings. The van der Waals surface area contributed by atoms with Crippen LogP contribution in [0, 0.1) is 5.92 Å². The van der Waals surface area contributed by atoms with Gasteiger partial charge in [0.25, 0.3) is 0 Å².